The summed E-state index contributed by atoms with van der Waals surface area (Å²) in [5.74, 6) is 0.582. The van der Waals surface area contributed by atoms with Crippen LogP contribution in [0.4, 0.5) is 35.9 Å². The number of alkyl halides is 3. The number of thioether (sulfide) groups is 1. The second-order valence-corrected chi connectivity index (χ2v) is 10.8. The minimum atomic E-state index is -4.76. The maximum atomic E-state index is 12.8. The van der Waals surface area contributed by atoms with Gasteiger partial charge in [-0.15, -0.1) is 13.2 Å². The van der Waals surface area contributed by atoms with Crippen molar-refractivity contribution in [2.75, 3.05) is 12.3 Å². The molecule has 0 bridgehead atoms. The fourth-order valence-electron chi connectivity index (χ4n) is 5.44. The van der Waals surface area contributed by atoms with Gasteiger partial charge in [-0.25, -0.2) is 5.01 Å². The van der Waals surface area contributed by atoms with Crippen molar-refractivity contribution < 1.29 is 17.9 Å². The van der Waals surface area contributed by atoms with Gasteiger partial charge in [0.1, 0.15) is 17.1 Å². The minimum absolute atomic E-state index is 0.133. The Morgan fingerprint density at radius 2 is 1.77 bits per heavy atom. The average Bonchev–Trinajstić information content (AvgIpc) is 3.51. The summed E-state index contributed by atoms with van der Waals surface area (Å²) in [7, 11) is 0. The van der Waals surface area contributed by atoms with Crippen LogP contribution in [-0.4, -0.2) is 41.4 Å². The Hall–Kier alpha value is -4.15. The number of para-hydroxylation sites is 1. The molecule has 4 aromatic carbocycles. The Morgan fingerprint density at radius 1 is 1.02 bits per heavy atom. The second kappa shape index (κ2) is 9.79. The zero-order valence-corrected chi connectivity index (χ0v) is 22.6. The van der Waals surface area contributed by atoms with Gasteiger partial charge in [0.2, 0.25) is 6.34 Å². The molecule has 0 saturated carbocycles. The zero-order valence-electron chi connectivity index (χ0n) is 21.7. The van der Waals surface area contributed by atoms with E-state index in [0.29, 0.717) is 5.17 Å². The lowest BCUT2D eigenvalue weighted by Gasteiger charge is -2.32. The lowest BCUT2D eigenvalue weighted by atomic mass is 10.00. The van der Waals surface area contributed by atoms with Crippen molar-refractivity contribution in [1.29, 1.82) is 5.41 Å². The summed E-state index contributed by atoms with van der Waals surface area (Å²) in [6.07, 6.45) is -1.15. The fourth-order valence-corrected chi connectivity index (χ4v) is 6.18. The summed E-state index contributed by atoms with van der Waals surface area (Å²) in [6, 6.07) is 22.1. The summed E-state index contributed by atoms with van der Waals surface area (Å²) in [6.45, 7) is 4.78. The first-order valence-electron chi connectivity index (χ1n) is 12.6. The van der Waals surface area contributed by atoms with Gasteiger partial charge in [-0.2, -0.15) is 14.6 Å². The van der Waals surface area contributed by atoms with Crippen LogP contribution in [0.3, 0.4) is 0 Å². The van der Waals surface area contributed by atoms with E-state index in [9.17, 15) is 13.2 Å². The molecule has 0 aliphatic carbocycles. The fraction of sp³-hybridized carbons (Fsp3) is 0.167. The number of benzene rings is 4. The van der Waals surface area contributed by atoms with Crippen molar-refractivity contribution in [3.63, 3.8) is 0 Å². The van der Waals surface area contributed by atoms with E-state index in [4.69, 9.17) is 10.4 Å². The van der Waals surface area contributed by atoms with E-state index in [2.05, 4.69) is 9.84 Å². The van der Waals surface area contributed by atoms with Gasteiger partial charge in [-0.1, -0.05) is 42.1 Å². The van der Waals surface area contributed by atoms with Gasteiger partial charge in [0.25, 0.3) is 0 Å². The topological polar surface area (TPSA) is 61.0 Å². The maximum absolute atomic E-state index is 12.8. The molecule has 1 fully saturated rings. The lowest BCUT2D eigenvalue weighted by molar-refractivity contribution is -0.274. The molecule has 202 valence electrons. The van der Waals surface area contributed by atoms with Crippen molar-refractivity contribution in [2.24, 2.45) is 10.1 Å². The number of ether oxygens (including phenoxy) is 1. The Labute approximate surface area is 233 Å². The van der Waals surface area contributed by atoms with Gasteiger partial charge in [0.15, 0.2) is 16.5 Å². The van der Waals surface area contributed by atoms with E-state index in [1.807, 2.05) is 68.7 Å². The van der Waals surface area contributed by atoms with Crippen LogP contribution in [0.15, 0.2) is 82.9 Å². The minimum Gasteiger partial charge on any atom is -0.406 e. The predicted molar refractivity (Wildman–Crippen MR) is 157 cm³/mol. The SMILES string of the molecule is Cc1cccc(C)c1[N+]1(c2ccc(OC(F)(F)F)cc2)C=Nc2c1ccc1cc(/C=N/N3CCSC3=N)ccc21. The predicted octanol–water partition coefficient (Wildman–Crippen LogP) is 8.32. The van der Waals surface area contributed by atoms with Gasteiger partial charge in [0.05, 0.1) is 12.8 Å². The molecule has 1 N–H and O–H groups in total. The first-order valence-corrected chi connectivity index (χ1v) is 13.6. The number of hydrazone groups is 1. The van der Waals surface area contributed by atoms with E-state index >= 15 is 0 Å². The van der Waals surface area contributed by atoms with Gasteiger partial charge < -0.3 is 4.74 Å². The van der Waals surface area contributed by atoms with Gasteiger partial charge in [-0.05, 0) is 49.1 Å². The van der Waals surface area contributed by atoms with Crippen molar-refractivity contribution in [3.8, 4) is 5.75 Å². The van der Waals surface area contributed by atoms with E-state index in [1.165, 1.54) is 23.9 Å². The number of amidine groups is 1. The number of quaternary nitrogens is 1. The highest BCUT2D eigenvalue weighted by molar-refractivity contribution is 8.14. The Bertz CT molecular complexity index is 1680. The molecule has 2 heterocycles. The smallest absolute Gasteiger partial charge is 0.406 e. The molecule has 40 heavy (non-hydrogen) atoms. The molecule has 6 rings (SSSR count). The quantitative estimate of drug-likeness (QED) is 0.197. The Balaban J connectivity index is 1.47. The monoisotopic (exact) mass is 560 g/mol. The molecule has 1 unspecified atom stereocenters. The van der Waals surface area contributed by atoms with Crippen LogP contribution < -0.4 is 9.22 Å². The zero-order chi connectivity index (χ0) is 28.1. The first-order chi connectivity index (χ1) is 19.2. The average molecular weight is 561 g/mol. The van der Waals surface area contributed by atoms with Crippen LogP contribution in [-0.2, 0) is 0 Å². The third kappa shape index (κ3) is 4.52. The van der Waals surface area contributed by atoms with Crippen LogP contribution in [0, 0.1) is 19.3 Å². The van der Waals surface area contributed by atoms with E-state index in [0.717, 1.165) is 62.5 Å². The van der Waals surface area contributed by atoms with Crippen molar-refractivity contribution >= 4 is 63.0 Å². The van der Waals surface area contributed by atoms with Crippen LogP contribution in [0.25, 0.3) is 10.8 Å². The molecule has 6 nitrogen and oxygen atoms in total. The van der Waals surface area contributed by atoms with Crippen LogP contribution in [0.2, 0.25) is 0 Å². The molecule has 0 radical (unpaired) electrons. The van der Waals surface area contributed by atoms with Gasteiger partial charge in [0, 0.05) is 40.5 Å². The molecule has 2 aliphatic rings. The molecule has 1 atom stereocenters. The molecule has 10 heteroatoms. The van der Waals surface area contributed by atoms with E-state index < -0.39 is 6.36 Å². The lowest BCUT2D eigenvalue weighted by Crippen LogP contribution is -2.36. The first kappa shape index (κ1) is 26.1. The number of fused-ring (bicyclic) bond motifs is 3. The van der Waals surface area contributed by atoms with E-state index in [1.54, 1.807) is 23.4 Å². The number of hydrogen-bond donors (Lipinski definition) is 1. The summed E-state index contributed by atoms with van der Waals surface area (Å²) in [5.41, 5.74) is 6.41. The standard InChI is InChI=1S/C30H25F3N5OS/c1-19-4-3-5-20(2)28(19)38(23-8-10-24(11-9-23)39-30(31,32)33)18-35-27-25-12-6-21(16-22(25)7-13-26(27)38)17-36-37-14-15-40-29(37)34/h3-13,16-18,34H,14-15H2,1-2H3/q+1/b34-29?,36-17+. The third-order valence-corrected chi connectivity index (χ3v) is 8.00. The van der Waals surface area contributed by atoms with E-state index in [-0.39, 0.29) is 10.2 Å². The molecule has 4 aromatic rings. The molecule has 2 aliphatic heterocycles. The number of aliphatic imine (C=N–C) groups is 1. The van der Waals surface area contributed by atoms with Crippen LogP contribution >= 0.6 is 11.8 Å². The summed E-state index contributed by atoms with van der Waals surface area (Å²) >= 11 is 1.48. The van der Waals surface area contributed by atoms with Crippen molar-refractivity contribution in [3.05, 3.63) is 89.5 Å². The number of nitrogens with one attached hydrogen (secondary N) is 1. The molecule has 1 saturated heterocycles. The Kier molecular flexibility index (Phi) is 6.39. The van der Waals surface area contributed by atoms with Crippen LogP contribution in [0.5, 0.6) is 5.75 Å². The Morgan fingerprint density at radius 3 is 2.45 bits per heavy atom. The number of hydrogen-bond acceptors (Lipinski definition) is 5. The van der Waals surface area contributed by atoms with Gasteiger partial charge in [-0.3, -0.25) is 5.41 Å². The second-order valence-electron chi connectivity index (χ2n) is 9.68. The molecular weight excluding hydrogens is 535 g/mol. The highest BCUT2D eigenvalue weighted by Gasteiger charge is 2.44. The van der Waals surface area contributed by atoms with Crippen molar-refractivity contribution in [1.82, 2.24) is 9.49 Å². The number of aryl methyl sites for hydroxylation is 2. The summed E-state index contributed by atoms with van der Waals surface area (Å²) in [4.78, 5) is 4.91. The number of nitrogens with zero attached hydrogens (tertiary/aromatic N) is 4. The number of halogens is 3. The van der Waals surface area contributed by atoms with Gasteiger partial charge >= 0.3 is 6.36 Å². The normalized spacial score (nSPS) is 18.7. The summed E-state index contributed by atoms with van der Waals surface area (Å²) in [5, 5.41) is 16.5. The van der Waals surface area contributed by atoms with Crippen molar-refractivity contribution in [2.45, 2.75) is 20.2 Å². The number of rotatable bonds is 5. The molecule has 0 amide bonds. The third-order valence-electron chi connectivity index (χ3n) is 7.13. The molecular formula is C30H25F3N5OS+. The largest absolute Gasteiger partial charge is 0.573 e. The highest BCUT2D eigenvalue weighted by atomic mass is 32.2. The molecule has 0 aromatic heterocycles. The maximum Gasteiger partial charge on any atom is 0.573 e. The summed E-state index contributed by atoms with van der Waals surface area (Å²) < 4.78 is 42.8. The highest BCUT2D eigenvalue weighted by Crippen LogP contribution is 2.54. The molecule has 0 spiro atoms. The van der Waals surface area contributed by atoms with Crippen LogP contribution in [0.1, 0.15) is 16.7 Å².